The summed E-state index contributed by atoms with van der Waals surface area (Å²) in [7, 11) is 0. The number of aliphatic hydroxyl groups is 1. The summed E-state index contributed by atoms with van der Waals surface area (Å²) in [6, 6.07) is 0. The Kier molecular flexibility index (Phi) is 7.61. The third kappa shape index (κ3) is 5.35. The summed E-state index contributed by atoms with van der Waals surface area (Å²) in [6.45, 7) is 13.2. The zero-order chi connectivity index (χ0) is 27.3. The van der Waals surface area contributed by atoms with Gasteiger partial charge in [-0.05, 0) is 67.1 Å². The molecule has 1 aliphatic heterocycles. The molecular weight excluding hydrogens is 472 g/mol. The van der Waals surface area contributed by atoms with E-state index in [0.717, 1.165) is 18.4 Å². The molecule has 0 spiro atoms. The first kappa shape index (κ1) is 27.8. The van der Waals surface area contributed by atoms with Gasteiger partial charge in [0, 0.05) is 19.4 Å². The Balaban J connectivity index is 1.68. The standard InChI is InChI=1S/C30H42O7/c1-8-9-23-24(35-23)10-11-26(32)36-25-14-21-20(29(21,6)7)13-17(3)28(34)30(37-19(5)31)15-18(4)27(33)22(30)12-16(25)2/h10-13,18,20-25,27,33H,8-9,14-15H2,1-7H3/b11-10+,16-12+,17-13+/t18-,20-,21+,22+,23+,24-,25-,27+,30-/m1/s1. The fourth-order valence-electron chi connectivity index (χ4n) is 6.64. The molecule has 3 aliphatic carbocycles. The molecule has 0 radical (unpaired) electrons. The number of ketones is 1. The third-order valence-corrected chi connectivity index (χ3v) is 9.05. The molecule has 204 valence electrons. The number of Topliss-reactive ketones (excluding diaryl/α,β-unsaturated/α-hetero) is 1. The highest BCUT2D eigenvalue weighted by Crippen LogP contribution is 2.62. The van der Waals surface area contributed by atoms with Crippen LogP contribution in [-0.2, 0) is 28.6 Å². The van der Waals surface area contributed by atoms with Crippen molar-refractivity contribution < 1.29 is 33.7 Å². The molecule has 0 aromatic carbocycles. The maximum Gasteiger partial charge on any atom is 0.331 e. The molecule has 0 aromatic rings. The average molecular weight is 515 g/mol. The first-order valence-corrected chi connectivity index (χ1v) is 13.6. The van der Waals surface area contributed by atoms with Crippen molar-refractivity contribution in [1.29, 1.82) is 0 Å². The molecule has 7 heteroatoms. The number of esters is 2. The van der Waals surface area contributed by atoms with Crippen LogP contribution in [0, 0.1) is 29.1 Å². The first-order valence-electron chi connectivity index (χ1n) is 13.6. The minimum absolute atomic E-state index is 0.0398. The van der Waals surface area contributed by atoms with Crippen LogP contribution in [0.25, 0.3) is 0 Å². The monoisotopic (exact) mass is 514 g/mol. The maximum atomic E-state index is 13.9. The fourth-order valence-corrected chi connectivity index (χ4v) is 6.64. The van der Waals surface area contributed by atoms with E-state index in [0.29, 0.717) is 12.0 Å². The van der Waals surface area contributed by atoms with E-state index in [1.807, 2.05) is 19.9 Å². The third-order valence-electron chi connectivity index (χ3n) is 9.05. The second kappa shape index (κ2) is 10.1. The number of ether oxygens (including phenoxy) is 3. The average Bonchev–Trinajstić information content (AvgIpc) is 3.65. The van der Waals surface area contributed by atoms with Gasteiger partial charge < -0.3 is 19.3 Å². The number of rotatable bonds is 6. The van der Waals surface area contributed by atoms with Crippen LogP contribution in [0.4, 0.5) is 0 Å². The van der Waals surface area contributed by atoms with E-state index in [9.17, 15) is 19.5 Å². The van der Waals surface area contributed by atoms with Crippen molar-refractivity contribution in [2.24, 2.45) is 29.1 Å². The van der Waals surface area contributed by atoms with Gasteiger partial charge in [0.25, 0.3) is 0 Å². The van der Waals surface area contributed by atoms with Crippen molar-refractivity contribution in [3.8, 4) is 0 Å². The van der Waals surface area contributed by atoms with E-state index >= 15 is 0 Å². The van der Waals surface area contributed by atoms with Crippen LogP contribution in [0.1, 0.15) is 74.1 Å². The van der Waals surface area contributed by atoms with Crippen molar-refractivity contribution >= 4 is 17.7 Å². The topological polar surface area (TPSA) is 102 Å². The molecule has 0 bridgehead atoms. The van der Waals surface area contributed by atoms with E-state index in [1.54, 1.807) is 19.1 Å². The van der Waals surface area contributed by atoms with Gasteiger partial charge >= 0.3 is 11.9 Å². The van der Waals surface area contributed by atoms with E-state index < -0.39 is 35.7 Å². The summed E-state index contributed by atoms with van der Waals surface area (Å²) >= 11 is 0. The minimum Gasteiger partial charge on any atom is -0.455 e. The number of hydrogen-bond donors (Lipinski definition) is 1. The normalized spacial score (nSPS) is 43.4. The number of hydrogen-bond acceptors (Lipinski definition) is 7. The summed E-state index contributed by atoms with van der Waals surface area (Å²) in [5.74, 6) is -1.91. The summed E-state index contributed by atoms with van der Waals surface area (Å²) < 4.78 is 17.3. The predicted octanol–water partition coefficient (Wildman–Crippen LogP) is 4.48. The van der Waals surface area contributed by atoms with Crippen LogP contribution in [0.2, 0.25) is 0 Å². The molecule has 0 unspecified atom stereocenters. The maximum absolute atomic E-state index is 13.9. The Labute approximate surface area is 220 Å². The highest BCUT2D eigenvalue weighted by atomic mass is 16.6. The van der Waals surface area contributed by atoms with Gasteiger partial charge in [-0.25, -0.2) is 4.79 Å². The largest absolute Gasteiger partial charge is 0.455 e. The summed E-state index contributed by atoms with van der Waals surface area (Å²) in [4.78, 5) is 38.9. The molecule has 0 aromatic heterocycles. The van der Waals surface area contributed by atoms with Crippen LogP contribution in [0.15, 0.2) is 35.5 Å². The molecule has 9 atom stereocenters. The first-order chi connectivity index (χ1) is 17.3. The Hall–Kier alpha value is -2.25. The van der Waals surface area contributed by atoms with Crippen LogP contribution >= 0.6 is 0 Å². The number of epoxide rings is 1. The number of fused-ring (bicyclic) bond motifs is 2. The summed E-state index contributed by atoms with van der Waals surface area (Å²) in [5.41, 5.74) is -0.259. The van der Waals surface area contributed by atoms with Gasteiger partial charge in [-0.2, -0.15) is 0 Å². The van der Waals surface area contributed by atoms with Gasteiger partial charge in [0.05, 0.1) is 18.1 Å². The van der Waals surface area contributed by atoms with Crippen LogP contribution in [0.3, 0.4) is 0 Å². The minimum atomic E-state index is -1.49. The van der Waals surface area contributed by atoms with Crippen molar-refractivity contribution in [3.63, 3.8) is 0 Å². The van der Waals surface area contributed by atoms with Crippen LogP contribution in [-0.4, -0.2) is 52.8 Å². The summed E-state index contributed by atoms with van der Waals surface area (Å²) in [6.07, 6.45) is 8.55. The zero-order valence-electron chi connectivity index (χ0n) is 23.2. The van der Waals surface area contributed by atoms with Gasteiger partial charge in [-0.3, -0.25) is 9.59 Å². The SMILES string of the molecule is CCC[C@@H]1O[C@@H]1/C=C/C(=O)O[C@@H]1C[C@H]2[C@@H](/C=C(\C)C(=O)[C@@]3(OC(C)=O)C[C@@H](C)[C@H](O)[C@@H]3/C=C/1C)C2(C)C. The molecular formula is C30H42O7. The molecule has 4 rings (SSSR count). The van der Waals surface area contributed by atoms with Crippen LogP contribution < -0.4 is 0 Å². The molecule has 3 fully saturated rings. The molecule has 4 aliphatic rings. The van der Waals surface area contributed by atoms with Crippen molar-refractivity contribution in [2.45, 2.75) is 104 Å². The van der Waals surface area contributed by atoms with Gasteiger partial charge in [0.15, 0.2) is 5.60 Å². The second-order valence-electron chi connectivity index (χ2n) is 12.2. The molecule has 1 heterocycles. The second-order valence-corrected chi connectivity index (χ2v) is 12.2. The molecule has 1 N–H and O–H groups in total. The molecule has 0 amide bonds. The molecule has 1 saturated heterocycles. The molecule has 2 saturated carbocycles. The van der Waals surface area contributed by atoms with Crippen molar-refractivity contribution in [2.75, 3.05) is 0 Å². The Bertz CT molecular complexity index is 1040. The highest BCUT2D eigenvalue weighted by Gasteiger charge is 2.61. The lowest BCUT2D eigenvalue weighted by Gasteiger charge is -2.34. The quantitative estimate of drug-likeness (QED) is 0.241. The van der Waals surface area contributed by atoms with Crippen molar-refractivity contribution in [1.82, 2.24) is 0 Å². The lowest BCUT2D eigenvalue weighted by molar-refractivity contribution is -0.168. The van der Waals surface area contributed by atoms with E-state index in [4.69, 9.17) is 14.2 Å². The smallest absolute Gasteiger partial charge is 0.331 e. The predicted molar refractivity (Wildman–Crippen MR) is 138 cm³/mol. The number of carbonyl (C=O) groups excluding carboxylic acids is 3. The number of aliphatic hydroxyl groups excluding tert-OH is 1. The lowest BCUT2D eigenvalue weighted by Crippen LogP contribution is -2.48. The molecule has 7 nitrogen and oxygen atoms in total. The van der Waals surface area contributed by atoms with E-state index in [2.05, 4.69) is 20.8 Å². The lowest BCUT2D eigenvalue weighted by atomic mass is 9.80. The summed E-state index contributed by atoms with van der Waals surface area (Å²) in [5, 5.41) is 11.1. The van der Waals surface area contributed by atoms with E-state index in [1.165, 1.54) is 13.0 Å². The van der Waals surface area contributed by atoms with Gasteiger partial charge in [0.1, 0.15) is 12.2 Å². The molecule has 37 heavy (non-hydrogen) atoms. The number of carbonyl (C=O) groups is 3. The zero-order valence-corrected chi connectivity index (χ0v) is 23.2. The Morgan fingerprint density at radius 2 is 1.92 bits per heavy atom. The number of allylic oxidation sites excluding steroid dienone is 1. The van der Waals surface area contributed by atoms with Crippen molar-refractivity contribution in [3.05, 3.63) is 35.5 Å². The van der Waals surface area contributed by atoms with E-state index in [-0.39, 0.29) is 47.6 Å². The Morgan fingerprint density at radius 3 is 2.57 bits per heavy atom. The highest BCUT2D eigenvalue weighted by molar-refractivity contribution is 6.03. The van der Waals surface area contributed by atoms with Gasteiger partial charge in [-0.15, -0.1) is 0 Å². The van der Waals surface area contributed by atoms with Gasteiger partial charge in [-0.1, -0.05) is 46.3 Å². The van der Waals surface area contributed by atoms with Crippen LogP contribution in [0.5, 0.6) is 0 Å². The Morgan fingerprint density at radius 1 is 1.22 bits per heavy atom. The fraction of sp³-hybridized carbons (Fsp3) is 0.700. The van der Waals surface area contributed by atoms with Gasteiger partial charge in [0.2, 0.25) is 5.78 Å².